The van der Waals surface area contributed by atoms with Gasteiger partial charge in [-0.2, -0.15) is 5.10 Å². The van der Waals surface area contributed by atoms with E-state index in [1.165, 1.54) is 0 Å². The zero-order valence-electron chi connectivity index (χ0n) is 18.8. The van der Waals surface area contributed by atoms with E-state index in [1.807, 2.05) is 66.2 Å². The summed E-state index contributed by atoms with van der Waals surface area (Å²) in [6, 6.07) is 9.23. The first-order valence-electron chi connectivity index (χ1n) is 11.1. The highest BCUT2D eigenvalue weighted by Gasteiger charge is 2.39. The van der Waals surface area contributed by atoms with E-state index in [0.29, 0.717) is 18.5 Å². The molecule has 0 saturated carbocycles. The Bertz CT molecular complexity index is 1510. The summed E-state index contributed by atoms with van der Waals surface area (Å²) in [6.45, 7) is 0.335. The molecule has 9 nitrogen and oxygen atoms in total. The maximum atomic E-state index is 13.0. The van der Waals surface area contributed by atoms with Crippen molar-refractivity contribution in [1.29, 1.82) is 0 Å². The molecule has 1 aromatic carbocycles. The van der Waals surface area contributed by atoms with Gasteiger partial charge in [-0.25, -0.2) is 4.98 Å². The molecule has 0 aliphatic carbocycles. The van der Waals surface area contributed by atoms with Gasteiger partial charge in [0, 0.05) is 61.5 Å². The first-order valence-corrected chi connectivity index (χ1v) is 11.1. The number of piperidine rings is 1. The van der Waals surface area contributed by atoms with E-state index in [4.69, 9.17) is 0 Å². The highest BCUT2D eigenvalue weighted by Crippen LogP contribution is 2.36. The number of benzene rings is 1. The molecule has 1 saturated heterocycles. The lowest BCUT2D eigenvalue weighted by molar-refractivity contribution is -0.136. The van der Waals surface area contributed by atoms with E-state index in [9.17, 15) is 14.4 Å². The van der Waals surface area contributed by atoms with Crippen molar-refractivity contribution in [2.24, 2.45) is 14.1 Å². The summed E-state index contributed by atoms with van der Waals surface area (Å²) in [5.41, 5.74) is 6.13. The lowest BCUT2D eigenvalue weighted by atomic mass is 9.98. The zero-order chi connectivity index (χ0) is 23.6. The summed E-state index contributed by atoms with van der Waals surface area (Å²) < 4.78 is 3.81. The second-order valence-corrected chi connectivity index (χ2v) is 8.87. The molecule has 5 heterocycles. The Labute approximate surface area is 195 Å². The van der Waals surface area contributed by atoms with Crippen LogP contribution in [0.15, 0.2) is 48.9 Å². The number of rotatable bonds is 3. The maximum Gasteiger partial charge on any atom is 0.255 e. The van der Waals surface area contributed by atoms with Crippen LogP contribution in [0.3, 0.4) is 0 Å². The van der Waals surface area contributed by atoms with E-state index in [2.05, 4.69) is 21.5 Å². The normalized spacial score (nSPS) is 18.0. The molecule has 1 fully saturated rings. The van der Waals surface area contributed by atoms with Gasteiger partial charge in [-0.3, -0.25) is 24.4 Å². The van der Waals surface area contributed by atoms with E-state index >= 15 is 0 Å². The average molecular weight is 454 g/mol. The van der Waals surface area contributed by atoms with Gasteiger partial charge in [0.2, 0.25) is 11.8 Å². The monoisotopic (exact) mass is 454 g/mol. The molecule has 2 aliphatic heterocycles. The van der Waals surface area contributed by atoms with Gasteiger partial charge in [-0.1, -0.05) is 6.07 Å². The molecule has 0 radical (unpaired) electrons. The number of imide groups is 1. The van der Waals surface area contributed by atoms with Gasteiger partial charge in [0.15, 0.2) is 0 Å². The van der Waals surface area contributed by atoms with Crippen LogP contribution in [0.4, 0.5) is 0 Å². The molecular weight excluding hydrogens is 432 g/mol. The highest BCUT2D eigenvalue weighted by molar-refractivity contribution is 6.05. The number of carbonyl (C=O) groups is 3. The molecule has 34 heavy (non-hydrogen) atoms. The van der Waals surface area contributed by atoms with Gasteiger partial charge in [0.1, 0.15) is 11.7 Å². The lowest BCUT2D eigenvalue weighted by Crippen LogP contribution is -2.52. The van der Waals surface area contributed by atoms with Crippen LogP contribution in [-0.4, -0.2) is 48.0 Å². The largest absolute Gasteiger partial charge is 0.336 e. The zero-order valence-corrected chi connectivity index (χ0v) is 18.8. The molecule has 3 aromatic heterocycles. The molecule has 2 aliphatic rings. The third kappa shape index (κ3) is 3.04. The minimum atomic E-state index is -0.626. The third-order valence-electron chi connectivity index (χ3n) is 6.75. The second kappa shape index (κ2) is 7.38. The standard InChI is InChI=1S/C25H22N6O3/c1-29-8-7-15-10-16(11-26-23(15)29)22-19(12-27-30(22)2)14-3-4-18-17(9-14)13-31(25(18)34)20-5-6-21(32)28-24(20)33/h3-4,7-12,20H,5-6,13H2,1-2H3,(H,28,32,33). The van der Waals surface area contributed by atoms with E-state index in [0.717, 1.165) is 39.0 Å². The van der Waals surface area contributed by atoms with Crippen molar-refractivity contribution in [2.45, 2.75) is 25.4 Å². The van der Waals surface area contributed by atoms with Crippen molar-refractivity contribution in [3.05, 3.63) is 60.0 Å². The molecular formula is C25H22N6O3. The first-order chi connectivity index (χ1) is 16.4. The topological polar surface area (TPSA) is 102 Å². The summed E-state index contributed by atoms with van der Waals surface area (Å²) in [4.78, 5) is 43.1. The molecule has 170 valence electrons. The fraction of sp³-hybridized carbons (Fsp3) is 0.240. The summed E-state index contributed by atoms with van der Waals surface area (Å²) in [5.74, 6) is -0.878. The van der Waals surface area contributed by atoms with Gasteiger partial charge in [-0.15, -0.1) is 0 Å². The van der Waals surface area contributed by atoms with Crippen LogP contribution in [0.25, 0.3) is 33.4 Å². The highest BCUT2D eigenvalue weighted by atomic mass is 16.2. The predicted octanol–water partition coefficient (Wildman–Crippen LogP) is 2.40. The van der Waals surface area contributed by atoms with Gasteiger partial charge in [-0.05, 0) is 41.8 Å². The number of carbonyl (C=O) groups excluding carboxylic acids is 3. The third-order valence-corrected chi connectivity index (χ3v) is 6.75. The minimum Gasteiger partial charge on any atom is -0.336 e. The molecule has 0 spiro atoms. The number of aromatic nitrogens is 4. The summed E-state index contributed by atoms with van der Waals surface area (Å²) >= 11 is 0. The maximum absolute atomic E-state index is 13.0. The van der Waals surface area contributed by atoms with Crippen molar-refractivity contribution in [1.82, 2.24) is 29.5 Å². The summed E-state index contributed by atoms with van der Waals surface area (Å²) in [5, 5.41) is 7.88. The number of fused-ring (bicyclic) bond motifs is 2. The molecule has 6 rings (SSSR count). The van der Waals surface area contributed by atoms with E-state index in [1.54, 1.807) is 4.90 Å². The summed E-state index contributed by atoms with van der Waals surface area (Å²) in [7, 11) is 3.87. The van der Waals surface area contributed by atoms with Crippen molar-refractivity contribution in [3.8, 4) is 22.4 Å². The molecule has 3 amide bonds. The van der Waals surface area contributed by atoms with Crippen molar-refractivity contribution >= 4 is 28.8 Å². The number of aryl methyl sites for hydroxylation is 2. The fourth-order valence-electron chi connectivity index (χ4n) is 5.02. The van der Waals surface area contributed by atoms with Gasteiger partial charge < -0.3 is 9.47 Å². The second-order valence-electron chi connectivity index (χ2n) is 8.87. The number of hydrogen-bond donors (Lipinski definition) is 1. The Morgan fingerprint density at radius 2 is 1.85 bits per heavy atom. The Balaban J connectivity index is 1.36. The number of amides is 3. The Morgan fingerprint density at radius 1 is 1.00 bits per heavy atom. The molecule has 9 heteroatoms. The molecule has 0 bridgehead atoms. The van der Waals surface area contributed by atoms with Gasteiger partial charge in [0.25, 0.3) is 5.91 Å². The minimum absolute atomic E-state index is 0.179. The van der Waals surface area contributed by atoms with E-state index < -0.39 is 11.9 Å². The number of nitrogens with zero attached hydrogens (tertiary/aromatic N) is 5. The smallest absolute Gasteiger partial charge is 0.255 e. The fourth-order valence-corrected chi connectivity index (χ4v) is 5.02. The van der Waals surface area contributed by atoms with Crippen LogP contribution in [0, 0.1) is 0 Å². The van der Waals surface area contributed by atoms with Crippen LogP contribution < -0.4 is 5.32 Å². The Hall–Kier alpha value is -4.27. The van der Waals surface area contributed by atoms with Crippen LogP contribution >= 0.6 is 0 Å². The summed E-state index contributed by atoms with van der Waals surface area (Å²) in [6.07, 6.45) is 6.24. The van der Waals surface area contributed by atoms with Crippen molar-refractivity contribution in [2.75, 3.05) is 0 Å². The lowest BCUT2D eigenvalue weighted by Gasteiger charge is -2.29. The molecule has 1 unspecified atom stereocenters. The number of nitrogens with one attached hydrogen (secondary N) is 1. The molecule has 1 atom stereocenters. The van der Waals surface area contributed by atoms with Crippen molar-refractivity contribution in [3.63, 3.8) is 0 Å². The molecule has 1 N–H and O–H groups in total. The number of pyridine rings is 1. The van der Waals surface area contributed by atoms with Crippen LogP contribution in [0.2, 0.25) is 0 Å². The van der Waals surface area contributed by atoms with Crippen LogP contribution in [0.5, 0.6) is 0 Å². The van der Waals surface area contributed by atoms with Gasteiger partial charge >= 0.3 is 0 Å². The Morgan fingerprint density at radius 3 is 2.68 bits per heavy atom. The van der Waals surface area contributed by atoms with Crippen molar-refractivity contribution < 1.29 is 14.4 Å². The Kier molecular flexibility index (Phi) is 4.41. The van der Waals surface area contributed by atoms with Gasteiger partial charge in [0.05, 0.1) is 11.9 Å². The SMILES string of the molecule is Cn1ncc(-c2ccc3c(c2)CN(C2CCC(=O)NC2=O)C3=O)c1-c1cnc2c(ccn2C)c1. The van der Waals surface area contributed by atoms with Crippen LogP contribution in [-0.2, 0) is 30.2 Å². The average Bonchev–Trinajstić information content (AvgIpc) is 3.49. The van der Waals surface area contributed by atoms with E-state index in [-0.39, 0.29) is 18.2 Å². The predicted molar refractivity (Wildman–Crippen MR) is 124 cm³/mol. The first kappa shape index (κ1) is 20.3. The van der Waals surface area contributed by atoms with Crippen LogP contribution in [0.1, 0.15) is 28.8 Å². The number of hydrogen-bond acceptors (Lipinski definition) is 5. The quantitative estimate of drug-likeness (QED) is 0.479. The molecule has 4 aromatic rings.